The van der Waals surface area contributed by atoms with Crippen LogP contribution in [0.15, 0.2) is 24.3 Å². The van der Waals surface area contributed by atoms with Gasteiger partial charge in [-0.05, 0) is 32.4 Å². The Bertz CT molecular complexity index is 501. The summed E-state index contributed by atoms with van der Waals surface area (Å²) in [4.78, 5) is 18.4. The summed E-state index contributed by atoms with van der Waals surface area (Å²) < 4.78 is 0. The molecule has 1 heterocycles. The number of amides is 1. The van der Waals surface area contributed by atoms with Crippen LogP contribution in [0.3, 0.4) is 0 Å². The van der Waals surface area contributed by atoms with Gasteiger partial charge in [-0.1, -0.05) is 29.8 Å². The Kier molecular flexibility index (Phi) is 5.98. The lowest BCUT2D eigenvalue weighted by atomic mass is 10.0. The van der Waals surface area contributed by atoms with Gasteiger partial charge in [-0.15, -0.1) is 0 Å². The van der Waals surface area contributed by atoms with Crippen LogP contribution >= 0.6 is 0 Å². The predicted molar refractivity (Wildman–Crippen MR) is 90.9 cm³/mol. The number of hydrogen-bond acceptors (Lipinski definition) is 3. The van der Waals surface area contributed by atoms with E-state index in [0.29, 0.717) is 12.6 Å². The van der Waals surface area contributed by atoms with E-state index in [1.807, 2.05) is 14.1 Å². The van der Waals surface area contributed by atoms with Gasteiger partial charge >= 0.3 is 0 Å². The van der Waals surface area contributed by atoms with Crippen molar-refractivity contribution in [3.05, 3.63) is 35.4 Å². The Hall–Kier alpha value is -1.39. The van der Waals surface area contributed by atoms with Crippen molar-refractivity contribution in [2.24, 2.45) is 0 Å². The van der Waals surface area contributed by atoms with E-state index >= 15 is 0 Å². The highest BCUT2D eigenvalue weighted by atomic mass is 16.2. The minimum absolute atomic E-state index is 0.195. The molecule has 0 N–H and O–H groups in total. The monoisotopic (exact) mass is 303 g/mol. The molecule has 1 aliphatic rings. The van der Waals surface area contributed by atoms with Crippen molar-refractivity contribution in [2.75, 3.05) is 46.8 Å². The maximum absolute atomic E-state index is 11.9. The maximum atomic E-state index is 11.9. The summed E-state index contributed by atoms with van der Waals surface area (Å²) in [7, 11) is 3.65. The van der Waals surface area contributed by atoms with Crippen molar-refractivity contribution in [2.45, 2.75) is 26.3 Å². The molecule has 0 saturated carbocycles. The first-order chi connectivity index (χ1) is 10.5. The fourth-order valence-electron chi connectivity index (χ4n) is 3.01. The molecule has 0 spiro atoms. The predicted octanol–water partition coefficient (Wildman–Crippen LogP) is 2.15. The van der Waals surface area contributed by atoms with E-state index in [1.165, 1.54) is 11.1 Å². The van der Waals surface area contributed by atoms with Gasteiger partial charge in [0.2, 0.25) is 5.91 Å². The van der Waals surface area contributed by atoms with Crippen LogP contribution in [-0.2, 0) is 4.79 Å². The van der Waals surface area contributed by atoms with Crippen LogP contribution < -0.4 is 0 Å². The average molecular weight is 303 g/mol. The molecule has 0 radical (unpaired) electrons. The third kappa shape index (κ3) is 4.55. The second kappa shape index (κ2) is 7.75. The van der Waals surface area contributed by atoms with Crippen molar-refractivity contribution >= 4 is 5.91 Å². The van der Waals surface area contributed by atoms with Crippen molar-refractivity contribution < 1.29 is 4.79 Å². The molecule has 1 amide bonds. The minimum Gasteiger partial charge on any atom is -0.348 e. The largest absolute Gasteiger partial charge is 0.348 e. The first-order valence-corrected chi connectivity index (χ1v) is 8.20. The number of carbonyl (C=O) groups is 1. The number of aryl methyl sites for hydroxylation is 1. The second-order valence-electron chi connectivity index (χ2n) is 6.54. The fourth-order valence-corrected chi connectivity index (χ4v) is 3.01. The van der Waals surface area contributed by atoms with E-state index < -0.39 is 0 Å². The van der Waals surface area contributed by atoms with Gasteiger partial charge in [0.1, 0.15) is 0 Å². The van der Waals surface area contributed by atoms with E-state index in [1.54, 1.807) is 4.90 Å². The van der Waals surface area contributed by atoms with E-state index in [0.717, 1.165) is 32.6 Å². The zero-order chi connectivity index (χ0) is 16.1. The number of benzene rings is 1. The van der Waals surface area contributed by atoms with E-state index in [9.17, 15) is 4.79 Å². The average Bonchev–Trinajstić information content (AvgIpc) is 2.72. The number of hydrogen-bond donors (Lipinski definition) is 0. The van der Waals surface area contributed by atoms with Crippen LogP contribution in [0.25, 0.3) is 0 Å². The molecule has 4 nitrogen and oxygen atoms in total. The molecular formula is C18H29N3O. The SMILES string of the molecule is Cc1cccc([C@H](C)N2CCCN(CC(=O)N(C)C)CC2)c1. The summed E-state index contributed by atoms with van der Waals surface area (Å²) in [6.45, 7) is 9.08. The lowest BCUT2D eigenvalue weighted by Crippen LogP contribution is -2.39. The van der Waals surface area contributed by atoms with Gasteiger partial charge in [0.15, 0.2) is 0 Å². The minimum atomic E-state index is 0.195. The second-order valence-corrected chi connectivity index (χ2v) is 6.54. The standard InChI is InChI=1S/C18H29N3O/c1-15-7-5-8-17(13-15)16(2)21-10-6-9-20(11-12-21)14-18(22)19(3)4/h5,7-8,13,16H,6,9-12,14H2,1-4H3/t16-/m0/s1. The fraction of sp³-hybridized carbons (Fsp3) is 0.611. The van der Waals surface area contributed by atoms with Gasteiger partial charge in [-0.3, -0.25) is 14.6 Å². The van der Waals surface area contributed by atoms with E-state index in [4.69, 9.17) is 0 Å². The molecule has 1 aromatic rings. The highest BCUT2D eigenvalue weighted by Gasteiger charge is 2.21. The lowest BCUT2D eigenvalue weighted by molar-refractivity contribution is -0.129. The molecule has 1 aliphatic heterocycles. The summed E-state index contributed by atoms with van der Waals surface area (Å²) in [5.41, 5.74) is 2.70. The first-order valence-electron chi connectivity index (χ1n) is 8.20. The van der Waals surface area contributed by atoms with Gasteiger partial charge in [0, 0.05) is 39.8 Å². The molecule has 122 valence electrons. The lowest BCUT2D eigenvalue weighted by Gasteiger charge is -2.28. The van der Waals surface area contributed by atoms with Crippen molar-refractivity contribution in [3.8, 4) is 0 Å². The summed E-state index contributed by atoms with van der Waals surface area (Å²) in [6, 6.07) is 9.22. The van der Waals surface area contributed by atoms with E-state index in [-0.39, 0.29) is 5.91 Å². The number of rotatable bonds is 4. The normalized spacial score (nSPS) is 18.7. The summed E-state index contributed by atoms with van der Waals surface area (Å²) in [6.07, 6.45) is 1.12. The molecule has 0 aliphatic carbocycles. The maximum Gasteiger partial charge on any atom is 0.236 e. The Balaban J connectivity index is 1.93. The molecule has 22 heavy (non-hydrogen) atoms. The van der Waals surface area contributed by atoms with Crippen LogP contribution in [0, 0.1) is 6.92 Å². The number of carbonyl (C=O) groups excluding carboxylic acids is 1. The Labute approximate surface area is 134 Å². The van der Waals surface area contributed by atoms with Crippen LogP contribution in [-0.4, -0.2) is 67.4 Å². The molecule has 4 heteroatoms. The highest BCUT2D eigenvalue weighted by Crippen LogP contribution is 2.22. The van der Waals surface area contributed by atoms with Crippen LogP contribution in [0.1, 0.15) is 30.5 Å². The molecule has 0 bridgehead atoms. The van der Waals surface area contributed by atoms with Gasteiger partial charge in [-0.25, -0.2) is 0 Å². The van der Waals surface area contributed by atoms with Crippen LogP contribution in [0.2, 0.25) is 0 Å². The Morgan fingerprint density at radius 3 is 2.68 bits per heavy atom. The van der Waals surface area contributed by atoms with E-state index in [2.05, 4.69) is 47.9 Å². The molecule has 1 saturated heterocycles. The molecule has 2 rings (SSSR count). The molecule has 0 unspecified atom stereocenters. The molecular weight excluding hydrogens is 274 g/mol. The molecule has 1 aromatic carbocycles. The highest BCUT2D eigenvalue weighted by molar-refractivity contribution is 5.77. The van der Waals surface area contributed by atoms with Gasteiger partial charge < -0.3 is 4.90 Å². The summed E-state index contributed by atoms with van der Waals surface area (Å²) in [5.74, 6) is 0.195. The number of nitrogens with zero attached hydrogens (tertiary/aromatic N) is 3. The number of likely N-dealkylation sites (N-methyl/N-ethyl adjacent to an activating group) is 1. The van der Waals surface area contributed by atoms with Crippen LogP contribution in [0.5, 0.6) is 0 Å². The summed E-state index contributed by atoms with van der Waals surface area (Å²) in [5, 5.41) is 0. The topological polar surface area (TPSA) is 26.8 Å². The quantitative estimate of drug-likeness (QED) is 0.853. The smallest absolute Gasteiger partial charge is 0.236 e. The van der Waals surface area contributed by atoms with Crippen molar-refractivity contribution in [3.63, 3.8) is 0 Å². The van der Waals surface area contributed by atoms with Gasteiger partial charge in [0.25, 0.3) is 0 Å². The van der Waals surface area contributed by atoms with Gasteiger partial charge in [0.05, 0.1) is 6.54 Å². The van der Waals surface area contributed by atoms with Crippen LogP contribution in [0.4, 0.5) is 0 Å². The first kappa shape index (κ1) is 17.0. The molecule has 1 atom stereocenters. The molecule has 0 aromatic heterocycles. The zero-order valence-corrected chi connectivity index (χ0v) is 14.4. The Morgan fingerprint density at radius 2 is 2.00 bits per heavy atom. The Morgan fingerprint density at radius 1 is 1.23 bits per heavy atom. The summed E-state index contributed by atoms with van der Waals surface area (Å²) >= 11 is 0. The van der Waals surface area contributed by atoms with Crippen molar-refractivity contribution in [1.82, 2.24) is 14.7 Å². The van der Waals surface area contributed by atoms with Gasteiger partial charge in [-0.2, -0.15) is 0 Å². The third-order valence-electron chi connectivity index (χ3n) is 4.55. The molecule has 1 fully saturated rings. The zero-order valence-electron chi connectivity index (χ0n) is 14.4. The third-order valence-corrected chi connectivity index (χ3v) is 4.55. The van der Waals surface area contributed by atoms with Crippen molar-refractivity contribution in [1.29, 1.82) is 0 Å².